The van der Waals surface area contributed by atoms with E-state index >= 15 is 0 Å². The predicted octanol–water partition coefficient (Wildman–Crippen LogP) is 4.30. The Morgan fingerprint density at radius 1 is 1.04 bits per heavy atom. The highest BCUT2D eigenvalue weighted by molar-refractivity contribution is 5.89. The van der Waals surface area contributed by atoms with Crippen LogP contribution in [0.3, 0.4) is 0 Å². The van der Waals surface area contributed by atoms with Crippen LogP contribution in [0.5, 0.6) is 0 Å². The highest BCUT2D eigenvalue weighted by Crippen LogP contribution is 2.65. The maximum Gasteiger partial charge on any atom is 0.222 e. The first-order chi connectivity index (χ1) is 11.7. The zero-order valence-electron chi connectivity index (χ0n) is 16.7. The molecular weight excluding hydrogens is 310 g/mol. The second kappa shape index (κ2) is 5.57. The monoisotopic (exact) mass is 345 g/mol. The molecule has 3 saturated carbocycles. The Morgan fingerprint density at radius 3 is 2.44 bits per heavy atom. The van der Waals surface area contributed by atoms with Crippen LogP contribution in [0.4, 0.5) is 0 Å². The van der Waals surface area contributed by atoms with Gasteiger partial charge in [0.25, 0.3) is 0 Å². The van der Waals surface area contributed by atoms with Gasteiger partial charge in [0.05, 0.1) is 0 Å². The Kier molecular flexibility index (Phi) is 3.91. The fraction of sp³-hybridized carbons (Fsp3) is 0.909. The van der Waals surface area contributed by atoms with Gasteiger partial charge in [0.15, 0.2) is 0 Å². The molecule has 0 aromatic rings. The number of amides is 1. The summed E-state index contributed by atoms with van der Waals surface area (Å²) in [5, 5.41) is 0. The zero-order valence-corrected chi connectivity index (χ0v) is 16.7. The third-order valence-corrected chi connectivity index (χ3v) is 9.16. The van der Waals surface area contributed by atoms with Crippen molar-refractivity contribution in [2.45, 2.75) is 78.7 Å². The Labute approximate surface area is 152 Å². The molecule has 4 fully saturated rings. The van der Waals surface area contributed by atoms with Gasteiger partial charge in [-0.15, -0.1) is 0 Å². The van der Waals surface area contributed by atoms with Gasteiger partial charge in [-0.2, -0.15) is 0 Å². The lowest BCUT2D eigenvalue weighted by Crippen LogP contribution is -2.61. The molecule has 3 aliphatic carbocycles. The maximum absolute atomic E-state index is 13.2. The molecule has 0 aromatic heterocycles. The fourth-order valence-corrected chi connectivity index (χ4v) is 7.59. The molecule has 0 aromatic carbocycles. The number of likely N-dealkylation sites (tertiary alicyclic amines) is 1. The fourth-order valence-electron chi connectivity index (χ4n) is 7.59. The lowest BCUT2D eigenvalue weighted by atomic mass is 9.47. The molecule has 140 valence electrons. The van der Waals surface area contributed by atoms with E-state index in [1.807, 2.05) is 7.05 Å². The molecule has 0 spiro atoms. The summed E-state index contributed by atoms with van der Waals surface area (Å²) in [5.41, 5.74) is 0.182. The van der Waals surface area contributed by atoms with Crippen molar-refractivity contribution in [3.05, 3.63) is 0 Å². The Hall–Kier alpha value is -0.860. The number of hydrogen-bond acceptors (Lipinski definition) is 2. The second-order valence-electron chi connectivity index (χ2n) is 10.4. The number of carbonyl (C=O) groups is 2. The smallest absolute Gasteiger partial charge is 0.222 e. The van der Waals surface area contributed by atoms with Gasteiger partial charge >= 0.3 is 0 Å². The van der Waals surface area contributed by atoms with Gasteiger partial charge in [-0.1, -0.05) is 27.7 Å². The lowest BCUT2D eigenvalue weighted by molar-refractivity contribution is -0.158. The minimum absolute atomic E-state index is 0.0737. The van der Waals surface area contributed by atoms with Gasteiger partial charge in [-0.3, -0.25) is 9.59 Å². The van der Waals surface area contributed by atoms with Crippen LogP contribution in [-0.2, 0) is 9.59 Å². The molecule has 4 aliphatic rings. The Bertz CT molecular complexity index is 599. The summed E-state index contributed by atoms with van der Waals surface area (Å²) in [6.45, 7) is 9.18. The molecule has 3 nitrogen and oxygen atoms in total. The Balaban J connectivity index is 1.65. The normalized spacial score (nSPS) is 49.8. The molecule has 1 saturated heterocycles. The molecule has 1 heterocycles. The van der Waals surface area contributed by atoms with Crippen LogP contribution in [0.1, 0.15) is 72.6 Å². The van der Waals surface area contributed by atoms with E-state index in [1.165, 1.54) is 12.8 Å². The quantitative estimate of drug-likeness (QED) is 0.710. The molecule has 7 atom stereocenters. The van der Waals surface area contributed by atoms with Crippen molar-refractivity contribution >= 4 is 11.7 Å². The van der Waals surface area contributed by atoms with Crippen LogP contribution in [0.2, 0.25) is 0 Å². The number of Topliss-reactive ketones (excluding diaryl/α,β-unsaturated/α-hetero) is 1. The molecule has 1 amide bonds. The molecule has 25 heavy (non-hydrogen) atoms. The molecule has 2 unspecified atom stereocenters. The summed E-state index contributed by atoms with van der Waals surface area (Å²) < 4.78 is 0. The molecule has 3 heteroatoms. The van der Waals surface area contributed by atoms with Crippen molar-refractivity contribution in [1.29, 1.82) is 0 Å². The van der Waals surface area contributed by atoms with E-state index in [1.54, 1.807) is 0 Å². The second-order valence-corrected chi connectivity index (χ2v) is 10.4. The summed E-state index contributed by atoms with van der Waals surface area (Å²) in [5.74, 6) is 3.60. The van der Waals surface area contributed by atoms with Crippen LogP contribution in [-0.4, -0.2) is 29.7 Å². The van der Waals surface area contributed by atoms with Gasteiger partial charge in [-0.25, -0.2) is 0 Å². The molecule has 4 rings (SSSR count). The molecule has 0 radical (unpaired) electrons. The van der Waals surface area contributed by atoms with Crippen molar-refractivity contribution in [3.8, 4) is 0 Å². The minimum Gasteiger partial charge on any atom is -0.342 e. The predicted molar refractivity (Wildman–Crippen MR) is 98.9 cm³/mol. The number of rotatable bonds is 1. The summed E-state index contributed by atoms with van der Waals surface area (Å²) in [7, 11) is 2.02. The van der Waals surface area contributed by atoms with Crippen LogP contribution in [0.25, 0.3) is 0 Å². The van der Waals surface area contributed by atoms with Crippen LogP contribution >= 0.6 is 0 Å². The van der Waals surface area contributed by atoms with E-state index in [9.17, 15) is 9.59 Å². The Morgan fingerprint density at radius 2 is 1.76 bits per heavy atom. The summed E-state index contributed by atoms with van der Waals surface area (Å²) in [6, 6.07) is 0.414. The van der Waals surface area contributed by atoms with E-state index in [0.717, 1.165) is 25.7 Å². The van der Waals surface area contributed by atoms with Gasteiger partial charge in [0, 0.05) is 30.8 Å². The molecule has 0 N–H and O–H groups in total. The SMILES string of the molecule is CC(C)C1C[C@H]2[C@@H]3CCC4N(C)C(=O)CC[C@]4(C)[C@@H]3CC[C@]2(C)C1=O. The summed E-state index contributed by atoms with van der Waals surface area (Å²) in [4.78, 5) is 27.5. The third-order valence-electron chi connectivity index (χ3n) is 9.16. The highest BCUT2D eigenvalue weighted by Gasteiger charge is 2.63. The molecule has 0 bridgehead atoms. The van der Waals surface area contributed by atoms with E-state index in [0.29, 0.717) is 47.8 Å². The number of carbonyl (C=O) groups excluding carboxylic acids is 2. The number of hydrogen-bond donors (Lipinski definition) is 0. The topological polar surface area (TPSA) is 37.4 Å². The van der Waals surface area contributed by atoms with Crippen molar-refractivity contribution in [2.75, 3.05) is 7.05 Å². The van der Waals surface area contributed by atoms with E-state index < -0.39 is 0 Å². The molecular formula is C22H35NO2. The van der Waals surface area contributed by atoms with Gasteiger partial charge in [0.1, 0.15) is 5.78 Å². The highest BCUT2D eigenvalue weighted by atomic mass is 16.2. The van der Waals surface area contributed by atoms with Gasteiger partial charge in [-0.05, 0) is 67.6 Å². The van der Waals surface area contributed by atoms with E-state index in [-0.39, 0.29) is 16.7 Å². The minimum atomic E-state index is -0.0737. The maximum atomic E-state index is 13.2. The average molecular weight is 346 g/mol. The number of fused-ring (bicyclic) bond motifs is 5. The number of nitrogens with zero attached hydrogens (tertiary/aromatic N) is 1. The first-order valence-electron chi connectivity index (χ1n) is 10.5. The van der Waals surface area contributed by atoms with Crippen molar-refractivity contribution < 1.29 is 9.59 Å². The van der Waals surface area contributed by atoms with E-state index in [2.05, 4.69) is 32.6 Å². The van der Waals surface area contributed by atoms with Crippen molar-refractivity contribution in [2.24, 2.45) is 40.4 Å². The van der Waals surface area contributed by atoms with Crippen molar-refractivity contribution in [1.82, 2.24) is 4.90 Å². The number of piperidine rings is 1. The summed E-state index contributed by atoms with van der Waals surface area (Å²) >= 11 is 0. The van der Waals surface area contributed by atoms with Crippen molar-refractivity contribution in [3.63, 3.8) is 0 Å². The average Bonchev–Trinajstić information content (AvgIpc) is 2.83. The van der Waals surface area contributed by atoms with Gasteiger partial charge in [0.2, 0.25) is 5.91 Å². The first-order valence-corrected chi connectivity index (χ1v) is 10.5. The molecule has 1 aliphatic heterocycles. The standard InChI is InChI=1S/C22H35NO2/c1-13(2)15-12-17-14-6-7-18-21(3,11-9-19(24)23(18)5)16(14)8-10-22(17,4)20(15)25/h13-18H,6-12H2,1-5H3/t14-,15?,16-,17+,18?,21-,22+/m1/s1. The lowest BCUT2D eigenvalue weighted by Gasteiger charge is -2.61. The van der Waals surface area contributed by atoms with E-state index in [4.69, 9.17) is 0 Å². The first kappa shape index (κ1) is 17.5. The van der Waals surface area contributed by atoms with Crippen LogP contribution in [0, 0.1) is 40.4 Å². The van der Waals surface area contributed by atoms with Crippen LogP contribution in [0.15, 0.2) is 0 Å². The van der Waals surface area contributed by atoms with Crippen LogP contribution < -0.4 is 0 Å². The van der Waals surface area contributed by atoms with Gasteiger partial charge < -0.3 is 4.90 Å². The third kappa shape index (κ3) is 2.23. The largest absolute Gasteiger partial charge is 0.342 e. The zero-order chi connectivity index (χ0) is 18.1. The number of ketones is 1. The summed E-state index contributed by atoms with van der Waals surface area (Å²) in [6.07, 6.45) is 7.47.